The first kappa shape index (κ1) is 19.2. The summed E-state index contributed by atoms with van der Waals surface area (Å²) in [4.78, 5) is 29.0. The minimum Gasteiger partial charge on any atom is -0.496 e. The number of hydrogen-bond donors (Lipinski definition) is 1. The molecule has 0 saturated carbocycles. The highest BCUT2D eigenvalue weighted by Crippen LogP contribution is 2.23. The largest absolute Gasteiger partial charge is 0.496 e. The molecule has 0 aliphatic heterocycles. The van der Waals surface area contributed by atoms with Gasteiger partial charge in [0.15, 0.2) is 0 Å². The molecule has 0 aliphatic rings. The zero-order chi connectivity index (χ0) is 19.6. The van der Waals surface area contributed by atoms with Crippen molar-refractivity contribution in [1.29, 1.82) is 0 Å². The van der Waals surface area contributed by atoms with Crippen LogP contribution in [0.15, 0.2) is 38.2 Å². The second-order valence-corrected chi connectivity index (χ2v) is 7.11. The van der Waals surface area contributed by atoms with Gasteiger partial charge >= 0.3 is 0 Å². The molecule has 3 rings (SSSR count). The van der Waals surface area contributed by atoms with Crippen LogP contribution < -0.4 is 15.6 Å². The molecule has 0 atom stereocenters. The van der Waals surface area contributed by atoms with E-state index < -0.39 is 0 Å². The maximum absolute atomic E-state index is 12.6. The SMILES string of the molecule is COc1ccc(Br)cc1CNC(=O)CCn1cnc2oc(C)c(C)c2c1=O. The van der Waals surface area contributed by atoms with Crippen molar-refractivity contribution in [1.82, 2.24) is 14.9 Å². The highest BCUT2D eigenvalue weighted by atomic mass is 79.9. The number of nitrogens with one attached hydrogen (secondary N) is 1. The van der Waals surface area contributed by atoms with Crippen LogP contribution in [0, 0.1) is 13.8 Å². The second kappa shape index (κ2) is 7.96. The Kier molecular flexibility index (Phi) is 5.65. The van der Waals surface area contributed by atoms with Gasteiger partial charge < -0.3 is 14.5 Å². The molecule has 7 nitrogen and oxygen atoms in total. The number of carbonyl (C=O) groups is 1. The average Bonchev–Trinajstić information content (AvgIpc) is 2.94. The molecule has 1 amide bonds. The summed E-state index contributed by atoms with van der Waals surface area (Å²) in [5.74, 6) is 1.22. The number of furan rings is 1. The van der Waals surface area contributed by atoms with Crippen LogP contribution in [0.3, 0.4) is 0 Å². The van der Waals surface area contributed by atoms with Crippen molar-refractivity contribution in [2.75, 3.05) is 7.11 Å². The van der Waals surface area contributed by atoms with Gasteiger partial charge in [-0.15, -0.1) is 0 Å². The van der Waals surface area contributed by atoms with Gasteiger partial charge in [-0.1, -0.05) is 15.9 Å². The number of methoxy groups -OCH3 is 1. The highest BCUT2D eigenvalue weighted by molar-refractivity contribution is 9.10. The van der Waals surface area contributed by atoms with Crippen LogP contribution in [0.2, 0.25) is 0 Å². The third kappa shape index (κ3) is 4.05. The minimum atomic E-state index is -0.198. The van der Waals surface area contributed by atoms with Gasteiger partial charge in [-0.3, -0.25) is 14.2 Å². The van der Waals surface area contributed by atoms with Crippen molar-refractivity contribution >= 4 is 32.9 Å². The monoisotopic (exact) mass is 433 g/mol. The molecule has 142 valence electrons. The van der Waals surface area contributed by atoms with E-state index >= 15 is 0 Å². The number of aryl methyl sites for hydroxylation is 3. The normalized spacial score (nSPS) is 11.0. The fourth-order valence-electron chi connectivity index (χ4n) is 2.82. The lowest BCUT2D eigenvalue weighted by Gasteiger charge is -2.11. The maximum Gasteiger partial charge on any atom is 0.264 e. The number of halogens is 1. The molecule has 0 fully saturated rings. The van der Waals surface area contributed by atoms with Gasteiger partial charge in [0.25, 0.3) is 5.56 Å². The Hall–Kier alpha value is -2.61. The first-order valence-corrected chi connectivity index (χ1v) is 9.24. The van der Waals surface area contributed by atoms with E-state index in [0.717, 1.165) is 15.6 Å². The zero-order valence-corrected chi connectivity index (χ0v) is 16.9. The molecule has 0 saturated heterocycles. The van der Waals surface area contributed by atoms with Gasteiger partial charge in [0.2, 0.25) is 11.6 Å². The van der Waals surface area contributed by atoms with Crippen LogP contribution in [-0.4, -0.2) is 22.6 Å². The zero-order valence-electron chi connectivity index (χ0n) is 15.3. The molecular weight excluding hydrogens is 414 g/mol. The van der Waals surface area contributed by atoms with Gasteiger partial charge in [-0.25, -0.2) is 4.98 Å². The van der Waals surface area contributed by atoms with Crippen molar-refractivity contribution in [3.05, 3.63) is 56.2 Å². The van der Waals surface area contributed by atoms with Crippen LogP contribution in [0.25, 0.3) is 11.1 Å². The Morgan fingerprint density at radius 1 is 1.37 bits per heavy atom. The number of ether oxygens (including phenoxy) is 1. The fourth-order valence-corrected chi connectivity index (χ4v) is 3.23. The van der Waals surface area contributed by atoms with Crippen LogP contribution in [-0.2, 0) is 17.9 Å². The molecule has 2 aromatic heterocycles. The molecule has 2 heterocycles. The predicted molar refractivity (Wildman–Crippen MR) is 105 cm³/mol. The van der Waals surface area contributed by atoms with Crippen molar-refractivity contribution in [2.24, 2.45) is 0 Å². The Labute approximate surface area is 164 Å². The molecule has 0 spiro atoms. The van der Waals surface area contributed by atoms with E-state index in [9.17, 15) is 9.59 Å². The van der Waals surface area contributed by atoms with E-state index in [1.165, 1.54) is 10.9 Å². The van der Waals surface area contributed by atoms with Gasteiger partial charge in [-0.2, -0.15) is 0 Å². The lowest BCUT2D eigenvalue weighted by atomic mass is 10.2. The van der Waals surface area contributed by atoms with Crippen LogP contribution in [0.5, 0.6) is 5.75 Å². The van der Waals surface area contributed by atoms with Gasteiger partial charge in [-0.05, 0) is 32.0 Å². The van der Waals surface area contributed by atoms with Gasteiger partial charge in [0.05, 0.1) is 7.11 Å². The molecular formula is C19H20BrN3O4. The Morgan fingerprint density at radius 3 is 2.89 bits per heavy atom. The number of fused-ring (bicyclic) bond motifs is 1. The second-order valence-electron chi connectivity index (χ2n) is 6.19. The summed E-state index contributed by atoms with van der Waals surface area (Å²) >= 11 is 3.41. The van der Waals surface area contributed by atoms with Gasteiger partial charge in [0, 0.05) is 35.1 Å². The highest BCUT2D eigenvalue weighted by Gasteiger charge is 2.14. The molecule has 27 heavy (non-hydrogen) atoms. The van der Waals surface area contributed by atoms with Crippen molar-refractivity contribution in [3.63, 3.8) is 0 Å². The standard InChI is InChI=1S/C19H20BrN3O4/c1-11-12(2)27-18-17(11)19(25)23(10-22-18)7-6-16(24)21-9-13-8-14(20)4-5-15(13)26-3/h4-5,8,10H,6-7,9H2,1-3H3,(H,21,24). The summed E-state index contributed by atoms with van der Waals surface area (Å²) in [5.41, 5.74) is 1.78. The summed E-state index contributed by atoms with van der Waals surface area (Å²) < 4.78 is 13.1. The quantitative estimate of drug-likeness (QED) is 0.645. The average molecular weight is 434 g/mol. The van der Waals surface area contributed by atoms with Crippen molar-refractivity contribution < 1.29 is 13.9 Å². The molecule has 0 bridgehead atoms. The number of benzene rings is 1. The van der Waals surface area contributed by atoms with E-state index in [1.54, 1.807) is 14.0 Å². The smallest absolute Gasteiger partial charge is 0.264 e. The van der Waals surface area contributed by atoms with Crippen LogP contribution in [0.4, 0.5) is 0 Å². The van der Waals surface area contributed by atoms with E-state index in [4.69, 9.17) is 9.15 Å². The third-order valence-electron chi connectivity index (χ3n) is 4.45. The number of rotatable bonds is 6. The molecule has 0 radical (unpaired) electrons. The number of carbonyl (C=O) groups excluding carboxylic acids is 1. The van der Waals surface area contributed by atoms with Crippen LogP contribution in [0.1, 0.15) is 23.3 Å². The molecule has 3 aromatic rings. The molecule has 0 unspecified atom stereocenters. The first-order valence-electron chi connectivity index (χ1n) is 8.45. The molecule has 8 heteroatoms. The summed E-state index contributed by atoms with van der Waals surface area (Å²) in [7, 11) is 1.59. The van der Waals surface area contributed by atoms with E-state index in [0.29, 0.717) is 29.2 Å². The Bertz CT molecular complexity index is 1060. The summed E-state index contributed by atoms with van der Waals surface area (Å²) in [6, 6.07) is 5.60. The molecule has 1 N–H and O–H groups in total. The van der Waals surface area contributed by atoms with E-state index in [2.05, 4.69) is 26.2 Å². The minimum absolute atomic E-state index is 0.163. The Balaban J connectivity index is 1.65. The van der Waals surface area contributed by atoms with Crippen LogP contribution >= 0.6 is 15.9 Å². The fraction of sp³-hybridized carbons (Fsp3) is 0.316. The number of nitrogens with zero attached hydrogens (tertiary/aromatic N) is 2. The number of hydrogen-bond acceptors (Lipinski definition) is 5. The summed E-state index contributed by atoms with van der Waals surface area (Å²) in [6.45, 7) is 4.21. The van der Waals surface area contributed by atoms with E-state index in [1.807, 2.05) is 25.1 Å². The van der Waals surface area contributed by atoms with Crippen molar-refractivity contribution in [3.8, 4) is 5.75 Å². The maximum atomic E-state index is 12.6. The topological polar surface area (TPSA) is 86.4 Å². The predicted octanol–water partition coefficient (Wildman–Crippen LogP) is 3.08. The van der Waals surface area contributed by atoms with E-state index in [-0.39, 0.29) is 24.4 Å². The first-order chi connectivity index (χ1) is 12.9. The summed E-state index contributed by atoms with van der Waals surface area (Å²) in [5, 5.41) is 3.32. The van der Waals surface area contributed by atoms with Crippen molar-refractivity contribution in [2.45, 2.75) is 33.4 Å². The summed E-state index contributed by atoms with van der Waals surface area (Å²) in [6.07, 6.45) is 1.58. The Morgan fingerprint density at radius 2 is 2.15 bits per heavy atom. The van der Waals surface area contributed by atoms with Gasteiger partial charge in [0.1, 0.15) is 23.2 Å². The number of aromatic nitrogens is 2. The molecule has 1 aromatic carbocycles. The lowest BCUT2D eigenvalue weighted by molar-refractivity contribution is -0.121. The third-order valence-corrected chi connectivity index (χ3v) is 4.95. The number of amides is 1. The molecule has 0 aliphatic carbocycles. The lowest BCUT2D eigenvalue weighted by Crippen LogP contribution is -2.27.